The Kier molecular flexibility index (Phi) is 2.67. The second-order valence-corrected chi connectivity index (χ2v) is 3.16. The number of methoxy groups -OCH3 is 1. The summed E-state index contributed by atoms with van der Waals surface area (Å²) in [6, 6.07) is 0. The second kappa shape index (κ2) is 3.36. The van der Waals surface area contributed by atoms with Crippen LogP contribution < -0.4 is 10.6 Å². The summed E-state index contributed by atoms with van der Waals surface area (Å²) in [7, 11) is 3.52. The third-order valence-corrected chi connectivity index (χ3v) is 2.43. The van der Waals surface area contributed by atoms with E-state index in [0.717, 1.165) is 12.8 Å². The fraction of sp³-hybridized carbons (Fsp3) is 0.857. The summed E-state index contributed by atoms with van der Waals surface area (Å²) in [6.45, 7) is 0. The van der Waals surface area contributed by atoms with Crippen molar-refractivity contribution in [3.05, 3.63) is 0 Å². The van der Waals surface area contributed by atoms with Crippen LogP contribution in [-0.2, 0) is 4.74 Å². The normalized spacial score (nSPS) is 20.2. The van der Waals surface area contributed by atoms with Gasteiger partial charge in [0.05, 0.1) is 0 Å². The van der Waals surface area contributed by atoms with Crippen LogP contribution in [0.1, 0.15) is 19.3 Å². The molecule has 0 saturated heterocycles. The highest BCUT2D eigenvalue weighted by Crippen LogP contribution is 2.31. The maximum Gasteiger partial charge on any atom is 0.168 e. The minimum absolute atomic E-state index is 0.167. The van der Waals surface area contributed by atoms with E-state index in [1.807, 2.05) is 0 Å². The van der Waals surface area contributed by atoms with E-state index in [-0.39, 0.29) is 5.72 Å². The van der Waals surface area contributed by atoms with Gasteiger partial charge in [0.15, 0.2) is 5.11 Å². The zero-order valence-corrected chi connectivity index (χ0v) is 7.75. The van der Waals surface area contributed by atoms with Gasteiger partial charge in [-0.3, -0.25) is 0 Å². The van der Waals surface area contributed by atoms with E-state index in [1.54, 1.807) is 14.2 Å². The highest BCUT2D eigenvalue weighted by Gasteiger charge is 2.37. The van der Waals surface area contributed by atoms with Crippen molar-refractivity contribution < 1.29 is 4.74 Å². The van der Waals surface area contributed by atoms with E-state index >= 15 is 0 Å². The van der Waals surface area contributed by atoms with Crippen molar-refractivity contribution in [3.8, 4) is 0 Å². The van der Waals surface area contributed by atoms with Gasteiger partial charge in [-0.15, -0.1) is 0 Å². The number of thiocarbonyl (C=S) groups is 1. The lowest BCUT2D eigenvalue weighted by atomic mass is 9.88. The van der Waals surface area contributed by atoms with Crippen LogP contribution >= 0.6 is 12.2 Å². The Bertz CT molecular complexity index is 151. The van der Waals surface area contributed by atoms with Gasteiger partial charge in [-0.05, 0) is 31.5 Å². The maximum atomic E-state index is 5.31. The average Bonchev–Trinajstić information content (AvgIpc) is 1.96. The van der Waals surface area contributed by atoms with Crippen molar-refractivity contribution in [1.29, 1.82) is 0 Å². The number of rotatable bonds is 2. The fourth-order valence-electron chi connectivity index (χ4n) is 1.15. The van der Waals surface area contributed by atoms with Crippen molar-refractivity contribution in [2.45, 2.75) is 25.0 Å². The van der Waals surface area contributed by atoms with Gasteiger partial charge < -0.3 is 15.4 Å². The van der Waals surface area contributed by atoms with Crippen molar-refractivity contribution in [2.24, 2.45) is 0 Å². The first-order valence-electron chi connectivity index (χ1n) is 3.77. The largest absolute Gasteiger partial charge is 0.366 e. The number of hydrogen-bond acceptors (Lipinski definition) is 2. The van der Waals surface area contributed by atoms with Crippen LogP contribution in [-0.4, -0.2) is 25.0 Å². The third-order valence-electron chi connectivity index (χ3n) is 2.12. The van der Waals surface area contributed by atoms with Gasteiger partial charge in [-0.25, -0.2) is 0 Å². The van der Waals surface area contributed by atoms with E-state index in [9.17, 15) is 0 Å². The molecule has 1 fully saturated rings. The predicted octanol–water partition coefficient (Wildman–Crippen LogP) is 0.607. The minimum Gasteiger partial charge on any atom is -0.366 e. The van der Waals surface area contributed by atoms with Gasteiger partial charge in [-0.2, -0.15) is 0 Å². The molecule has 1 saturated carbocycles. The van der Waals surface area contributed by atoms with Gasteiger partial charge in [0.1, 0.15) is 5.72 Å². The summed E-state index contributed by atoms with van der Waals surface area (Å²) in [5.41, 5.74) is -0.167. The predicted molar refractivity (Wildman–Crippen MR) is 48.4 cm³/mol. The van der Waals surface area contributed by atoms with Gasteiger partial charge in [0.2, 0.25) is 0 Å². The van der Waals surface area contributed by atoms with Crippen molar-refractivity contribution in [1.82, 2.24) is 10.6 Å². The quantitative estimate of drug-likeness (QED) is 0.474. The standard InChI is InChI=1S/C7H14N2OS/c1-8-6(11)9-7(10-2)4-3-5-7/h3-5H2,1-2H3,(H2,8,9,11). The van der Waals surface area contributed by atoms with Crippen molar-refractivity contribution >= 4 is 17.3 Å². The van der Waals surface area contributed by atoms with Crippen LogP contribution in [0.4, 0.5) is 0 Å². The van der Waals surface area contributed by atoms with Gasteiger partial charge in [0, 0.05) is 14.2 Å². The van der Waals surface area contributed by atoms with Crippen LogP contribution in [0.5, 0.6) is 0 Å². The van der Waals surface area contributed by atoms with Crippen LogP contribution in [0.15, 0.2) is 0 Å². The summed E-state index contributed by atoms with van der Waals surface area (Å²) in [5.74, 6) is 0. The zero-order chi connectivity index (χ0) is 8.32. The molecule has 0 bridgehead atoms. The van der Waals surface area contributed by atoms with E-state index in [1.165, 1.54) is 6.42 Å². The molecule has 2 N–H and O–H groups in total. The molecule has 0 atom stereocenters. The molecule has 1 aliphatic rings. The first-order chi connectivity index (χ1) is 5.22. The molecule has 1 aliphatic carbocycles. The molecule has 1 rings (SSSR count). The SMILES string of the molecule is CNC(=S)NC1(OC)CCC1. The zero-order valence-electron chi connectivity index (χ0n) is 6.94. The van der Waals surface area contributed by atoms with E-state index in [0.29, 0.717) is 5.11 Å². The number of nitrogens with one attached hydrogen (secondary N) is 2. The molecular formula is C7H14N2OS. The van der Waals surface area contributed by atoms with Crippen LogP contribution in [0.25, 0.3) is 0 Å². The molecule has 0 amide bonds. The lowest BCUT2D eigenvalue weighted by molar-refractivity contribution is -0.0837. The summed E-state index contributed by atoms with van der Waals surface area (Å²) in [5, 5.41) is 6.65. The Morgan fingerprint density at radius 1 is 1.55 bits per heavy atom. The van der Waals surface area contributed by atoms with E-state index in [4.69, 9.17) is 17.0 Å². The Hall–Kier alpha value is -0.350. The highest BCUT2D eigenvalue weighted by molar-refractivity contribution is 7.80. The summed E-state index contributed by atoms with van der Waals surface area (Å²) in [6.07, 6.45) is 3.31. The van der Waals surface area contributed by atoms with E-state index in [2.05, 4.69) is 10.6 Å². The minimum atomic E-state index is -0.167. The van der Waals surface area contributed by atoms with Crippen LogP contribution in [0, 0.1) is 0 Å². The molecule has 0 radical (unpaired) electrons. The Labute approximate surface area is 72.5 Å². The van der Waals surface area contributed by atoms with Crippen LogP contribution in [0.2, 0.25) is 0 Å². The van der Waals surface area contributed by atoms with Gasteiger partial charge >= 0.3 is 0 Å². The Balaban J connectivity index is 2.38. The maximum absolute atomic E-state index is 5.31. The monoisotopic (exact) mass is 174 g/mol. The third kappa shape index (κ3) is 1.81. The fourth-order valence-corrected chi connectivity index (χ4v) is 1.33. The molecule has 0 aromatic rings. The molecule has 0 heterocycles. The molecule has 0 spiro atoms. The molecule has 0 unspecified atom stereocenters. The van der Waals surface area contributed by atoms with Crippen molar-refractivity contribution in [2.75, 3.05) is 14.2 Å². The van der Waals surface area contributed by atoms with Gasteiger partial charge in [-0.1, -0.05) is 0 Å². The lowest BCUT2D eigenvalue weighted by Gasteiger charge is -2.41. The first kappa shape index (κ1) is 8.74. The molecule has 0 aromatic heterocycles. The second-order valence-electron chi connectivity index (χ2n) is 2.76. The smallest absolute Gasteiger partial charge is 0.168 e. The Morgan fingerprint density at radius 3 is 2.45 bits per heavy atom. The molecule has 0 aromatic carbocycles. The molecule has 64 valence electrons. The Morgan fingerprint density at radius 2 is 2.18 bits per heavy atom. The molecular weight excluding hydrogens is 160 g/mol. The first-order valence-corrected chi connectivity index (χ1v) is 4.18. The summed E-state index contributed by atoms with van der Waals surface area (Å²) in [4.78, 5) is 0. The average molecular weight is 174 g/mol. The van der Waals surface area contributed by atoms with Crippen LogP contribution in [0.3, 0.4) is 0 Å². The van der Waals surface area contributed by atoms with E-state index < -0.39 is 0 Å². The molecule has 3 nitrogen and oxygen atoms in total. The summed E-state index contributed by atoms with van der Waals surface area (Å²) >= 11 is 4.97. The summed E-state index contributed by atoms with van der Waals surface area (Å²) < 4.78 is 5.31. The topological polar surface area (TPSA) is 33.3 Å². The molecule has 0 aliphatic heterocycles. The number of ether oxygens (including phenoxy) is 1. The van der Waals surface area contributed by atoms with Gasteiger partial charge in [0.25, 0.3) is 0 Å². The van der Waals surface area contributed by atoms with Crippen molar-refractivity contribution in [3.63, 3.8) is 0 Å². The highest BCUT2D eigenvalue weighted by atomic mass is 32.1. The molecule has 4 heteroatoms. The molecule has 11 heavy (non-hydrogen) atoms. The number of hydrogen-bond donors (Lipinski definition) is 2. The lowest BCUT2D eigenvalue weighted by Crippen LogP contribution is -2.56.